The van der Waals surface area contributed by atoms with Gasteiger partial charge < -0.3 is 15.7 Å². The number of piperidine rings is 1. The Balaban J connectivity index is 2.20. The van der Waals surface area contributed by atoms with Gasteiger partial charge in [-0.2, -0.15) is 0 Å². The monoisotopic (exact) mass is 298 g/mol. The van der Waals surface area contributed by atoms with Gasteiger partial charge in [0.1, 0.15) is 0 Å². The minimum atomic E-state index is 0.283. The van der Waals surface area contributed by atoms with Crippen LogP contribution in [0.2, 0.25) is 0 Å². The number of aliphatic hydroxyl groups is 1. The zero-order valence-electron chi connectivity index (χ0n) is 9.90. The van der Waals surface area contributed by atoms with Crippen LogP contribution in [0.25, 0.3) is 0 Å². The Bertz CT molecular complexity index is 384. The molecule has 1 heterocycles. The van der Waals surface area contributed by atoms with E-state index in [1.54, 1.807) is 0 Å². The number of halogens is 1. The zero-order valence-corrected chi connectivity index (χ0v) is 11.5. The molecule has 4 heteroatoms. The van der Waals surface area contributed by atoms with E-state index in [0.29, 0.717) is 12.5 Å². The summed E-state index contributed by atoms with van der Waals surface area (Å²) in [6.45, 7) is 2.83. The molecule has 0 aliphatic carbocycles. The summed E-state index contributed by atoms with van der Waals surface area (Å²) in [5.41, 5.74) is 8.18. The van der Waals surface area contributed by atoms with Crippen LogP contribution < -0.4 is 10.6 Å². The molecule has 0 bridgehead atoms. The van der Waals surface area contributed by atoms with Crippen LogP contribution in [0.15, 0.2) is 22.7 Å². The van der Waals surface area contributed by atoms with Crippen molar-refractivity contribution in [1.82, 2.24) is 0 Å². The fourth-order valence-electron chi connectivity index (χ4n) is 2.46. The van der Waals surface area contributed by atoms with Gasteiger partial charge in [0.25, 0.3) is 0 Å². The molecule has 1 aromatic rings. The minimum absolute atomic E-state index is 0.283. The van der Waals surface area contributed by atoms with Gasteiger partial charge in [-0.3, -0.25) is 0 Å². The van der Waals surface area contributed by atoms with Crippen LogP contribution in [0, 0.1) is 5.92 Å². The van der Waals surface area contributed by atoms with Crippen LogP contribution in [-0.2, 0) is 6.54 Å². The SMILES string of the molecule is NCc1cc(Br)ccc1N1CCCC(CO)C1. The number of rotatable bonds is 3. The number of nitrogens with zero attached hydrogens (tertiary/aromatic N) is 1. The second-order valence-electron chi connectivity index (χ2n) is 4.61. The molecule has 0 amide bonds. The molecule has 1 aliphatic rings. The number of benzene rings is 1. The third-order valence-electron chi connectivity index (χ3n) is 3.38. The van der Waals surface area contributed by atoms with Crippen molar-refractivity contribution < 1.29 is 5.11 Å². The van der Waals surface area contributed by atoms with E-state index in [-0.39, 0.29) is 6.61 Å². The highest BCUT2D eigenvalue weighted by Crippen LogP contribution is 2.28. The van der Waals surface area contributed by atoms with E-state index >= 15 is 0 Å². The van der Waals surface area contributed by atoms with Crippen molar-refractivity contribution in [3.8, 4) is 0 Å². The van der Waals surface area contributed by atoms with Crippen molar-refractivity contribution in [3.05, 3.63) is 28.2 Å². The molecule has 3 nitrogen and oxygen atoms in total. The summed E-state index contributed by atoms with van der Waals surface area (Å²) in [4.78, 5) is 2.35. The summed E-state index contributed by atoms with van der Waals surface area (Å²) >= 11 is 3.47. The quantitative estimate of drug-likeness (QED) is 0.899. The standard InChI is InChI=1S/C13H19BrN2O/c14-12-3-4-13(11(6-12)7-15)16-5-1-2-10(8-16)9-17/h3-4,6,10,17H,1-2,5,7-9,15H2. The van der Waals surface area contributed by atoms with E-state index < -0.39 is 0 Å². The van der Waals surface area contributed by atoms with Gasteiger partial charge in [-0.05, 0) is 42.5 Å². The molecule has 3 N–H and O–H groups in total. The summed E-state index contributed by atoms with van der Waals surface area (Å²) in [6.07, 6.45) is 2.27. The lowest BCUT2D eigenvalue weighted by atomic mass is 9.97. The molecule has 1 aliphatic heterocycles. The lowest BCUT2D eigenvalue weighted by molar-refractivity contribution is 0.208. The second-order valence-corrected chi connectivity index (χ2v) is 5.53. The normalized spacial score (nSPS) is 20.6. The Morgan fingerprint density at radius 1 is 1.47 bits per heavy atom. The van der Waals surface area contributed by atoms with Gasteiger partial charge in [-0.25, -0.2) is 0 Å². The van der Waals surface area contributed by atoms with Crippen LogP contribution in [-0.4, -0.2) is 24.8 Å². The molecule has 0 radical (unpaired) electrons. The zero-order chi connectivity index (χ0) is 12.3. The molecule has 1 fully saturated rings. The van der Waals surface area contributed by atoms with Gasteiger partial charge in [0.2, 0.25) is 0 Å². The summed E-state index contributed by atoms with van der Waals surface area (Å²) in [5, 5.41) is 9.27. The highest BCUT2D eigenvalue weighted by Gasteiger charge is 2.20. The molecule has 0 spiro atoms. The summed E-state index contributed by atoms with van der Waals surface area (Å²) in [7, 11) is 0. The number of nitrogens with two attached hydrogens (primary N) is 1. The van der Waals surface area contributed by atoms with Crippen molar-refractivity contribution in [2.45, 2.75) is 19.4 Å². The Labute approximate surface area is 111 Å². The largest absolute Gasteiger partial charge is 0.396 e. The summed E-state index contributed by atoms with van der Waals surface area (Å²) in [5.74, 6) is 0.401. The molecular weight excluding hydrogens is 280 g/mol. The molecule has 1 atom stereocenters. The number of hydrogen-bond donors (Lipinski definition) is 2. The van der Waals surface area contributed by atoms with E-state index in [1.807, 2.05) is 0 Å². The maximum atomic E-state index is 9.27. The summed E-state index contributed by atoms with van der Waals surface area (Å²) < 4.78 is 1.07. The van der Waals surface area contributed by atoms with E-state index in [2.05, 4.69) is 39.0 Å². The topological polar surface area (TPSA) is 49.5 Å². The molecule has 0 aromatic heterocycles. The molecule has 2 rings (SSSR count). The van der Waals surface area contributed by atoms with Crippen molar-refractivity contribution in [3.63, 3.8) is 0 Å². The molecule has 1 unspecified atom stereocenters. The fraction of sp³-hybridized carbons (Fsp3) is 0.538. The number of aliphatic hydroxyl groups excluding tert-OH is 1. The van der Waals surface area contributed by atoms with Gasteiger partial charge in [-0.1, -0.05) is 15.9 Å². The van der Waals surface area contributed by atoms with Gasteiger partial charge in [0.15, 0.2) is 0 Å². The first kappa shape index (κ1) is 12.9. The van der Waals surface area contributed by atoms with Crippen LogP contribution >= 0.6 is 15.9 Å². The Hall–Kier alpha value is -0.580. The van der Waals surface area contributed by atoms with Crippen LogP contribution in [0.1, 0.15) is 18.4 Å². The molecule has 1 saturated heterocycles. The van der Waals surface area contributed by atoms with Gasteiger partial charge in [-0.15, -0.1) is 0 Å². The van der Waals surface area contributed by atoms with Crippen LogP contribution in [0.4, 0.5) is 5.69 Å². The average Bonchev–Trinajstić information content (AvgIpc) is 2.38. The number of anilines is 1. The molecule has 17 heavy (non-hydrogen) atoms. The first-order valence-corrected chi connectivity index (χ1v) is 6.88. The lowest BCUT2D eigenvalue weighted by Crippen LogP contribution is -2.37. The van der Waals surface area contributed by atoms with Crippen molar-refractivity contribution >= 4 is 21.6 Å². The minimum Gasteiger partial charge on any atom is -0.396 e. The maximum Gasteiger partial charge on any atom is 0.0476 e. The van der Waals surface area contributed by atoms with E-state index in [9.17, 15) is 5.11 Å². The Morgan fingerprint density at radius 3 is 3.00 bits per heavy atom. The second kappa shape index (κ2) is 5.85. The molecular formula is C13H19BrN2O. The fourth-order valence-corrected chi connectivity index (χ4v) is 2.87. The lowest BCUT2D eigenvalue weighted by Gasteiger charge is -2.34. The average molecular weight is 299 g/mol. The van der Waals surface area contributed by atoms with E-state index in [4.69, 9.17) is 5.73 Å². The molecule has 94 valence electrons. The van der Waals surface area contributed by atoms with Crippen LogP contribution in [0.3, 0.4) is 0 Å². The highest BCUT2D eigenvalue weighted by atomic mass is 79.9. The van der Waals surface area contributed by atoms with E-state index in [0.717, 1.165) is 36.0 Å². The third-order valence-corrected chi connectivity index (χ3v) is 3.87. The third kappa shape index (κ3) is 3.00. The van der Waals surface area contributed by atoms with Crippen molar-refractivity contribution in [1.29, 1.82) is 0 Å². The smallest absolute Gasteiger partial charge is 0.0476 e. The molecule has 0 saturated carbocycles. The Morgan fingerprint density at radius 2 is 2.29 bits per heavy atom. The predicted molar refractivity (Wildman–Crippen MR) is 74.1 cm³/mol. The first-order chi connectivity index (χ1) is 8.24. The first-order valence-electron chi connectivity index (χ1n) is 6.09. The Kier molecular flexibility index (Phi) is 4.42. The number of hydrogen-bond acceptors (Lipinski definition) is 3. The van der Waals surface area contributed by atoms with Gasteiger partial charge in [0, 0.05) is 36.4 Å². The molecule has 1 aromatic carbocycles. The van der Waals surface area contributed by atoms with Gasteiger partial charge >= 0.3 is 0 Å². The van der Waals surface area contributed by atoms with Crippen molar-refractivity contribution in [2.75, 3.05) is 24.6 Å². The van der Waals surface area contributed by atoms with E-state index in [1.165, 1.54) is 5.69 Å². The highest BCUT2D eigenvalue weighted by molar-refractivity contribution is 9.10. The maximum absolute atomic E-state index is 9.27. The predicted octanol–water partition coefficient (Wildman–Crippen LogP) is 2.12. The van der Waals surface area contributed by atoms with Gasteiger partial charge in [0.05, 0.1) is 0 Å². The van der Waals surface area contributed by atoms with Crippen molar-refractivity contribution in [2.24, 2.45) is 11.7 Å². The summed E-state index contributed by atoms with van der Waals surface area (Å²) in [6, 6.07) is 6.25. The van der Waals surface area contributed by atoms with Crippen LogP contribution in [0.5, 0.6) is 0 Å².